The number of urea groups is 1. The molecule has 1 aromatic carbocycles. The van der Waals surface area contributed by atoms with Crippen molar-refractivity contribution in [1.82, 2.24) is 15.1 Å². The number of unbranched alkanes of at least 4 members (excludes halogenated alkanes) is 2. The second kappa shape index (κ2) is 16.8. The van der Waals surface area contributed by atoms with Gasteiger partial charge in [0.05, 0.1) is 12.1 Å². The van der Waals surface area contributed by atoms with E-state index in [1.54, 1.807) is 0 Å². The molecule has 3 amide bonds. The van der Waals surface area contributed by atoms with Crippen LogP contribution in [0.1, 0.15) is 116 Å². The van der Waals surface area contributed by atoms with Gasteiger partial charge in [-0.15, -0.1) is 12.4 Å². The van der Waals surface area contributed by atoms with E-state index in [-0.39, 0.29) is 30.8 Å². The van der Waals surface area contributed by atoms with Gasteiger partial charge in [0.1, 0.15) is 17.1 Å². The van der Waals surface area contributed by atoms with Crippen LogP contribution in [0.5, 0.6) is 11.5 Å². The molecule has 1 saturated heterocycles. The number of hydrogen-bond donors (Lipinski definition) is 2. The highest BCUT2D eigenvalue weighted by Crippen LogP contribution is 2.49. The molecule has 3 N–H and O–H groups in total. The molecule has 0 saturated carbocycles. The zero-order chi connectivity index (χ0) is 31.9. The smallest absolute Gasteiger partial charge is 0.318 e. The second-order valence-electron chi connectivity index (χ2n) is 13.6. The number of likely N-dealkylation sites (tertiary alicyclic amines) is 1. The van der Waals surface area contributed by atoms with E-state index in [0.717, 1.165) is 60.5 Å². The molecule has 0 spiro atoms. The number of fused-ring (bicyclic) bond motifs is 2. The number of nitrogens with one attached hydrogen (secondary N) is 1. The third-order valence-corrected chi connectivity index (χ3v) is 9.71. The monoisotopic (exact) mass is 646 g/mol. The minimum atomic E-state index is -0.857. The minimum absolute atomic E-state index is 0. The van der Waals surface area contributed by atoms with Gasteiger partial charge in [0, 0.05) is 19.5 Å². The summed E-state index contributed by atoms with van der Waals surface area (Å²) in [6, 6.07) is 3.33. The Labute approximate surface area is 276 Å². The molecule has 0 aliphatic carbocycles. The maximum absolute atomic E-state index is 13.3. The highest BCUT2D eigenvalue weighted by atomic mass is 35.5. The van der Waals surface area contributed by atoms with E-state index in [0.29, 0.717) is 37.6 Å². The topological polar surface area (TPSA) is 114 Å². The fourth-order valence-electron chi connectivity index (χ4n) is 6.99. The molecule has 3 heterocycles. The Morgan fingerprint density at radius 3 is 2.47 bits per heavy atom. The van der Waals surface area contributed by atoms with E-state index in [4.69, 9.17) is 15.2 Å². The van der Waals surface area contributed by atoms with Crippen molar-refractivity contribution in [1.29, 1.82) is 0 Å². The average Bonchev–Trinajstić information content (AvgIpc) is 2.96. The number of benzene rings is 1. The van der Waals surface area contributed by atoms with Crippen LogP contribution in [-0.4, -0.2) is 72.6 Å². The lowest BCUT2D eigenvalue weighted by molar-refractivity contribution is -0.134. The first-order valence-corrected chi connectivity index (χ1v) is 16.8. The minimum Gasteiger partial charge on any atom is -0.483 e. The molecule has 45 heavy (non-hydrogen) atoms. The first kappa shape index (κ1) is 36.8. The standard InChI is InChI=1S/C35H54N4O5.ClH/c1-6-7-9-13-24(2)25(3)26-20-29(43-32(41)14-12-18-38-16-10-8-11-17-38)33-27-22-39(23-31(40)37-34(36)42)19-15-28(27)35(4,5)44-30(33)21-26;/h20-21,24-25H,6-19,22-23H2,1-5H3,(H3,36,37,40,42);1H. The number of primary amides is 1. The predicted molar refractivity (Wildman–Crippen MR) is 181 cm³/mol. The van der Waals surface area contributed by atoms with Crippen LogP contribution in [0.25, 0.3) is 5.57 Å². The summed E-state index contributed by atoms with van der Waals surface area (Å²) >= 11 is 0. The molecular formula is C35H55ClN4O5. The first-order valence-electron chi connectivity index (χ1n) is 16.8. The van der Waals surface area contributed by atoms with Gasteiger partial charge < -0.3 is 20.1 Å². The zero-order valence-corrected chi connectivity index (χ0v) is 28.9. The van der Waals surface area contributed by atoms with Gasteiger partial charge in [-0.2, -0.15) is 0 Å². The number of hydrogen-bond acceptors (Lipinski definition) is 7. The SMILES string of the molecule is CCCCCC(C)C(C)c1cc(OC(=O)CCCN2CCCCC2)c2c(c1)OC(C)(C)C1=C2CN(CC(=O)NC(N)=O)CC1.Cl. The van der Waals surface area contributed by atoms with Gasteiger partial charge in [0.15, 0.2) is 0 Å². The van der Waals surface area contributed by atoms with Gasteiger partial charge in [-0.05, 0) is 99.8 Å². The summed E-state index contributed by atoms with van der Waals surface area (Å²) in [5, 5.41) is 2.17. The van der Waals surface area contributed by atoms with Gasteiger partial charge in [0.2, 0.25) is 5.91 Å². The maximum Gasteiger partial charge on any atom is 0.318 e. The summed E-state index contributed by atoms with van der Waals surface area (Å²) in [6.45, 7) is 15.2. The fraction of sp³-hybridized carbons (Fsp3) is 0.686. The number of carbonyl (C=O) groups is 3. The third kappa shape index (κ3) is 9.93. The predicted octanol–water partition coefficient (Wildman–Crippen LogP) is 6.43. The Morgan fingerprint density at radius 2 is 1.78 bits per heavy atom. The van der Waals surface area contributed by atoms with Crippen molar-refractivity contribution in [2.24, 2.45) is 11.7 Å². The van der Waals surface area contributed by atoms with Crippen molar-refractivity contribution in [2.75, 3.05) is 39.3 Å². The van der Waals surface area contributed by atoms with Crippen LogP contribution in [0.2, 0.25) is 0 Å². The number of amides is 3. The van der Waals surface area contributed by atoms with Crippen LogP contribution in [0.15, 0.2) is 17.7 Å². The lowest BCUT2D eigenvalue weighted by atomic mass is 9.79. The van der Waals surface area contributed by atoms with Crippen LogP contribution >= 0.6 is 12.4 Å². The average molecular weight is 647 g/mol. The summed E-state index contributed by atoms with van der Waals surface area (Å²) in [6.07, 6.45) is 10.3. The molecule has 0 radical (unpaired) electrons. The lowest BCUT2D eigenvalue weighted by Crippen LogP contribution is -2.46. The largest absolute Gasteiger partial charge is 0.483 e. The number of nitrogens with two attached hydrogens (primary N) is 1. The van der Waals surface area contributed by atoms with Gasteiger partial charge in [-0.1, -0.05) is 52.9 Å². The third-order valence-electron chi connectivity index (χ3n) is 9.71. The van der Waals surface area contributed by atoms with Crippen molar-refractivity contribution < 1.29 is 23.9 Å². The van der Waals surface area contributed by atoms with Crippen LogP contribution in [-0.2, 0) is 9.59 Å². The Kier molecular flexibility index (Phi) is 13.8. The molecule has 1 aromatic rings. The normalized spacial score (nSPS) is 19.3. The van der Waals surface area contributed by atoms with Crippen molar-refractivity contribution in [3.8, 4) is 11.5 Å². The molecule has 10 heteroatoms. The van der Waals surface area contributed by atoms with Crippen molar-refractivity contribution in [2.45, 2.75) is 110 Å². The van der Waals surface area contributed by atoms with Crippen LogP contribution in [0.4, 0.5) is 4.79 Å². The molecular weight excluding hydrogens is 592 g/mol. The molecule has 2 unspecified atom stereocenters. The van der Waals surface area contributed by atoms with Crippen LogP contribution in [0.3, 0.4) is 0 Å². The number of nitrogens with zero attached hydrogens (tertiary/aromatic N) is 2. The number of piperidine rings is 1. The summed E-state index contributed by atoms with van der Waals surface area (Å²) in [7, 11) is 0. The number of carbonyl (C=O) groups excluding carboxylic acids is 3. The first-order chi connectivity index (χ1) is 21.0. The zero-order valence-electron chi connectivity index (χ0n) is 28.0. The summed E-state index contributed by atoms with van der Waals surface area (Å²) in [5.74, 6) is 1.32. The van der Waals surface area contributed by atoms with Crippen LogP contribution < -0.4 is 20.5 Å². The molecule has 252 valence electrons. The highest BCUT2D eigenvalue weighted by Gasteiger charge is 2.40. The Morgan fingerprint density at radius 1 is 1.04 bits per heavy atom. The van der Waals surface area contributed by atoms with E-state index in [1.165, 1.54) is 38.5 Å². The maximum atomic E-state index is 13.3. The number of esters is 1. The van der Waals surface area contributed by atoms with Gasteiger partial charge in [-0.3, -0.25) is 19.8 Å². The van der Waals surface area contributed by atoms with Gasteiger partial charge >= 0.3 is 12.0 Å². The lowest BCUT2D eigenvalue weighted by Gasteiger charge is -2.42. The molecule has 2 atom stereocenters. The van der Waals surface area contributed by atoms with E-state index in [2.05, 4.69) is 50.9 Å². The summed E-state index contributed by atoms with van der Waals surface area (Å²) < 4.78 is 12.9. The summed E-state index contributed by atoms with van der Waals surface area (Å²) in [4.78, 5) is 41.4. The number of ether oxygens (including phenoxy) is 2. The van der Waals surface area contributed by atoms with E-state index in [1.807, 2.05) is 11.0 Å². The molecule has 9 nitrogen and oxygen atoms in total. The number of halogens is 1. The Balaban J connectivity index is 0.00000552. The number of rotatable bonds is 13. The number of imide groups is 1. The van der Waals surface area contributed by atoms with Crippen molar-refractivity contribution >= 4 is 35.9 Å². The van der Waals surface area contributed by atoms with E-state index < -0.39 is 17.5 Å². The summed E-state index contributed by atoms with van der Waals surface area (Å²) in [5.41, 5.74) is 8.71. The molecule has 3 aliphatic rings. The quantitative estimate of drug-likeness (QED) is 0.144. The molecule has 1 fully saturated rings. The van der Waals surface area contributed by atoms with Crippen LogP contribution in [0, 0.1) is 5.92 Å². The van der Waals surface area contributed by atoms with Crippen molar-refractivity contribution in [3.05, 3.63) is 28.8 Å². The molecule has 0 aromatic heterocycles. The Hall–Kier alpha value is -2.62. The van der Waals surface area contributed by atoms with Gasteiger partial charge in [-0.25, -0.2) is 4.79 Å². The van der Waals surface area contributed by atoms with Crippen molar-refractivity contribution in [3.63, 3.8) is 0 Å². The Bertz CT molecular complexity index is 1230. The molecule has 3 aliphatic heterocycles. The van der Waals surface area contributed by atoms with E-state index in [9.17, 15) is 14.4 Å². The molecule has 4 rings (SSSR count). The van der Waals surface area contributed by atoms with Gasteiger partial charge in [0.25, 0.3) is 0 Å². The van der Waals surface area contributed by atoms with E-state index >= 15 is 0 Å². The fourth-order valence-corrected chi connectivity index (χ4v) is 6.99. The highest BCUT2D eigenvalue weighted by molar-refractivity contribution is 5.94. The molecule has 0 bridgehead atoms. The second-order valence-corrected chi connectivity index (χ2v) is 13.6.